The highest BCUT2D eigenvalue weighted by molar-refractivity contribution is 6.78. The molecule has 1 saturated heterocycles. The van der Waals surface area contributed by atoms with E-state index >= 15 is 0 Å². The third-order valence-corrected chi connectivity index (χ3v) is 16.7. The summed E-state index contributed by atoms with van der Waals surface area (Å²) in [6, 6.07) is 4.23. The quantitative estimate of drug-likeness (QED) is 0.643. The fourth-order valence-electron chi connectivity index (χ4n) is 1.78. The van der Waals surface area contributed by atoms with Crippen LogP contribution in [0.4, 0.5) is 0 Å². The van der Waals surface area contributed by atoms with Crippen LogP contribution in [0.15, 0.2) is 0 Å². The van der Waals surface area contributed by atoms with Crippen LogP contribution in [0.3, 0.4) is 0 Å². The molecule has 0 aliphatic carbocycles. The third kappa shape index (κ3) is 6.05. The summed E-state index contributed by atoms with van der Waals surface area (Å²) < 4.78 is 36.8. The molecule has 1 aliphatic rings. The van der Waals surface area contributed by atoms with E-state index in [0.29, 0.717) is 0 Å². The molecule has 6 nitrogen and oxygen atoms in total. The van der Waals surface area contributed by atoms with E-state index in [-0.39, 0.29) is 0 Å². The van der Waals surface area contributed by atoms with E-state index in [0.717, 1.165) is 30.2 Å². The molecule has 1 aliphatic heterocycles. The van der Waals surface area contributed by atoms with Gasteiger partial charge in [0, 0.05) is 13.2 Å². The van der Waals surface area contributed by atoms with Crippen LogP contribution in [-0.2, 0) is 25.0 Å². The van der Waals surface area contributed by atoms with Crippen LogP contribution >= 0.6 is 0 Å². The van der Waals surface area contributed by atoms with Gasteiger partial charge in [-0.05, 0) is 24.2 Å². The molecule has 128 valence electrons. The second-order valence-electron chi connectivity index (χ2n) is 4.65. The van der Waals surface area contributed by atoms with Gasteiger partial charge in [0.05, 0.1) is 0 Å². The standard InChI is InChI=1S/C11H28O6Si5/c1-7-18-13-19(8-2)15-21(10-4)17-22(11-5,12-6)16-20(9-3)14-18/h7-11H2,1-6H3. The Balaban J connectivity index is 3.01. The van der Waals surface area contributed by atoms with Crippen molar-refractivity contribution in [2.75, 3.05) is 7.11 Å². The lowest BCUT2D eigenvalue weighted by atomic mass is 11.0. The van der Waals surface area contributed by atoms with Gasteiger partial charge in [-0.1, -0.05) is 34.6 Å². The maximum Gasteiger partial charge on any atom is 0.482 e. The van der Waals surface area contributed by atoms with Gasteiger partial charge in [-0.25, -0.2) is 0 Å². The van der Waals surface area contributed by atoms with E-state index in [1.807, 2.05) is 0 Å². The van der Waals surface area contributed by atoms with E-state index < -0.39 is 45.9 Å². The van der Waals surface area contributed by atoms with Crippen molar-refractivity contribution in [2.45, 2.75) is 64.8 Å². The van der Waals surface area contributed by atoms with E-state index in [4.69, 9.17) is 25.0 Å². The van der Waals surface area contributed by atoms with Gasteiger partial charge >= 0.3 is 45.9 Å². The fraction of sp³-hybridized carbons (Fsp3) is 1.00. The van der Waals surface area contributed by atoms with E-state index in [1.54, 1.807) is 7.11 Å². The molecule has 1 rings (SSSR count). The van der Waals surface area contributed by atoms with E-state index in [2.05, 4.69) is 34.6 Å². The van der Waals surface area contributed by atoms with Crippen LogP contribution in [0.5, 0.6) is 0 Å². The lowest BCUT2D eigenvalue weighted by molar-refractivity contribution is 0.170. The first-order valence-corrected chi connectivity index (χ1v) is 16.0. The molecule has 1 fully saturated rings. The highest BCUT2D eigenvalue weighted by Crippen LogP contribution is 2.23. The van der Waals surface area contributed by atoms with Gasteiger partial charge in [-0.3, -0.25) is 0 Å². The Labute approximate surface area is 143 Å². The Hall–Kier alpha value is 0.844. The Kier molecular flexibility index (Phi) is 10.1. The van der Waals surface area contributed by atoms with Crippen LogP contribution in [-0.4, -0.2) is 53.0 Å². The summed E-state index contributed by atoms with van der Waals surface area (Å²) in [5.41, 5.74) is 0. The monoisotopic (exact) mass is 396 g/mol. The zero-order chi connectivity index (χ0) is 16.6. The first kappa shape index (κ1) is 20.9. The minimum absolute atomic E-state index is 0.738. The van der Waals surface area contributed by atoms with Crippen molar-refractivity contribution in [1.29, 1.82) is 0 Å². The van der Waals surface area contributed by atoms with Gasteiger partial charge in [0.2, 0.25) is 0 Å². The molecule has 4 radical (unpaired) electrons. The topological polar surface area (TPSA) is 55.4 Å². The van der Waals surface area contributed by atoms with Crippen LogP contribution in [0.2, 0.25) is 30.2 Å². The van der Waals surface area contributed by atoms with Gasteiger partial charge in [0.25, 0.3) is 0 Å². The van der Waals surface area contributed by atoms with Gasteiger partial charge < -0.3 is 25.0 Å². The predicted molar refractivity (Wildman–Crippen MR) is 93.6 cm³/mol. The molecular weight excluding hydrogens is 369 g/mol. The summed E-state index contributed by atoms with van der Waals surface area (Å²) in [5.74, 6) is 0. The molecule has 0 amide bonds. The van der Waals surface area contributed by atoms with Crippen molar-refractivity contribution in [3.8, 4) is 0 Å². The lowest BCUT2D eigenvalue weighted by Crippen LogP contribution is -2.56. The molecule has 0 unspecified atom stereocenters. The second kappa shape index (κ2) is 10.7. The number of hydrogen-bond acceptors (Lipinski definition) is 6. The van der Waals surface area contributed by atoms with E-state index in [1.165, 1.54) is 0 Å². The first-order valence-electron chi connectivity index (χ1n) is 7.96. The van der Waals surface area contributed by atoms with Crippen molar-refractivity contribution < 1.29 is 25.0 Å². The Morgan fingerprint density at radius 2 is 1.05 bits per heavy atom. The summed E-state index contributed by atoms with van der Waals surface area (Å²) in [5, 5.41) is 0. The minimum Gasteiger partial charge on any atom is -0.414 e. The molecule has 11 heteroatoms. The SMILES string of the molecule is CC[Si]1O[Si](CC)O[Si](CC)O[Si](CC)(OC)O[Si](CC)O1. The molecule has 0 aromatic rings. The van der Waals surface area contributed by atoms with Gasteiger partial charge in [0.1, 0.15) is 0 Å². The molecule has 0 saturated carbocycles. The summed E-state index contributed by atoms with van der Waals surface area (Å²) in [4.78, 5) is 0. The van der Waals surface area contributed by atoms with Crippen molar-refractivity contribution in [2.24, 2.45) is 0 Å². The molecule has 0 N–H and O–H groups in total. The normalized spacial score (nSPS) is 23.7. The second-order valence-corrected chi connectivity index (χ2v) is 17.0. The highest BCUT2D eigenvalue weighted by Gasteiger charge is 2.46. The molecule has 0 aromatic carbocycles. The van der Waals surface area contributed by atoms with Gasteiger partial charge in [-0.15, -0.1) is 0 Å². The maximum atomic E-state index is 6.27. The Morgan fingerprint density at radius 3 is 1.32 bits per heavy atom. The van der Waals surface area contributed by atoms with Gasteiger partial charge in [0.15, 0.2) is 0 Å². The molecule has 1 heterocycles. The van der Waals surface area contributed by atoms with Crippen molar-refractivity contribution in [3.05, 3.63) is 0 Å². The third-order valence-electron chi connectivity index (χ3n) is 3.12. The summed E-state index contributed by atoms with van der Waals surface area (Å²) in [7, 11) is -6.55. The highest BCUT2D eigenvalue weighted by atomic mass is 28.5. The van der Waals surface area contributed by atoms with Crippen LogP contribution in [0.1, 0.15) is 34.6 Å². The Bertz CT molecular complexity index is 285. The first-order chi connectivity index (χ1) is 10.6. The maximum absolute atomic E-state index is 6.27. The molecular formula is C11H28O6Si5. The van der Waals surface area contributed by atoms with Crippen molar-refractivity contribution >= 4 is 45.9 Å². The zero-order valence-electron chi connectivity index (χ0n) is 14.5. The summed E-state index contributed by atoms with van der Waals surface area (Å²) in [6.07, 6.45) is 0. The molecule has 0 atom stereocenters. The molecule has 0 aromatic heterocycles. The number of rotatable bonds is 6. The summed E-state index contributed by atoms with van der Waals surface area (Å²) in [6.45, 7) is 10.4. The lowest BCUT2D eigenvalue weighted by Gasteiger charge is -2.36. The zero-order valence-corrected chi connectivity index (χ0v) is 19.5. The van der Waals surface area contributed by atoms with Crippen LogP contribution in [0.25, 0.3) is 0 Å². The smallest absolute Gasteiger partial charge is 0.414 e. The van der Waals surface area contributed by atoms with E-state index in [9.17, 15) is 0 Å². The Morgan fingerprint density at radius 1 is 0.682 bits per heavy atom. The average molecular weight is 397 g/mol. The van der Waals surface area contributed by atoms with Crippen LogP contribution < -0.4 is 0 Å². The number of hydrogen-bond donors (Lipinski definition) is 0. The average Bonchev–Trinajstić information content (AvgIpc) is 2.57. The largest absolute Gasteiger partial charge is 0.482 e. The van der Waals surface area contributed by atoms with Gasteiger partial charge in [-0.2, -0.15) is 0 Å². The molecule has 0 spiro atoms. The fourth-order valence-corrected chi connectivity index (χ4v) is 17.0. The van der Waals surface area contributed by atoms with Crippen molar-refractivity contribution in [3.63, 3.8) is 0 Å². The summed E-state index contributed by atoms with van der Waals surface area (Å²) >= 11 is 0. The molecule has 0 bridgehead atoms. The van der Waals surface area contributed by atoms with Crippen molar-refractivity contribution in [1.82, 2.24) is 0 Å². The molecule has 22 heavy (non-hydrogen) atoms. The predicted octanol–water partition coefficient (Wildman–Crippen LogP) is 2.72. The van der Waals surface area contributed by atoms with Crippen LogP contribution in [0, 0.1) is 0 Å². The minimum atomic E-state index is -2.70.